The highest BCUT2D eigenvalue weighted by Gasteiger charge is 2.39. The summed E-state index contributed by atoms with van der Waals surface area (Å²) in [6.07, 6.45) is 0.399. The third-order valence-electron chi connectivity index (χ3n) is 3.31. The third kappa shape index (κ3) is 3.95. The number of nitriles is 1. The van der Waals surface area contributed by atoms with E-state index in [-0.39, 0.29) is 18.1 Å². The zero-order chi connectivity index (χ0) is 15.5. The number of benzene rings is 1. The van der Waals surface area contributed by atoms with Crippen molar-refractivity contribution in [2.24, 2.45) is 0 Å². The molecule has 1 saturated heterocycles. The molecule has 1 N–H and O–H groups in total. The zero-order valence-electron chi connectivity index (χ0n) is 11.6. The van der Waals surface area contributed by atoms with Crippen LogP contribution in [-0.4, -0.2) is 38.0 Å². The quantitative estimate of drug-likeness (QED) is 0.880. The van der Waals surface area contributed by atoms with Crippen LogP contribution in [-0.2, 0) is 14.6 Å². The van der Waals surface area contributed by atoms with Gasteiger partial charge in [-0.25, -0.2) is 8.42 Å². The minimum atomic E-state index is -3.08. The number of hydrogen-bond acceptors (Lipinski definition) is 5. The molecule has 0 spiro atoms. The average molecular weight is 308 g/mol. The van der Waals surface area contributed by atoms with Gasteiger partial charge in [0.15, 0.2) is 16.4 Å². The second kappa shape index (κ2) is 5.74. The number of nitrogens with one attached hydrogen (secondary N) is 1. The van der Waals surface area contributed by atoms with Crippen LogP contribution in [0, 0.1) is 11.3 Å². The van der Waals surface area contributed by atoms with Gasteiger partial charge in [0.1, 0.15) is 11.8 Å². The summed E-state index contributed by atoms with van der Waals surface area (Å²) in [5.41, 5.74) is -0.395. The molecule has 0 aliphatic carbocycles. The van der Waals surface area contributed by atoms with Crippen molar-refractivity contribution in [2.75, 3.05) is 18.1 Å². The van der Waals surface area contributed by atoms with E-state index < -0.39 is 21.3 Å². The van der Waals surface area contributed by atoms with Crippen LogP contribution in [0.25, 0.3) is 0 Å². The van der Waals surface area contributed by atoms with E-state index in [4.69, 9.17) is 10.00 Å². The van der Waals surface area contributed by atoms with Gasteiger partial charge in [0.05, 0.1) is 22.6 Å². The van der Waals surface area contributed by atoms with Gasteiger partial charge in [-0.2, -0.15) is 5.26 Å². The number of carbonyl (C=O) groups is 1. The largest absolute Gasteiger partial charge is 0.482 e. The first-order valence-corrected chi connectivity index (χ1v) is 8.29. The fraction of sp³-hybridized carbons (Fsp3) is 0.429. The van der Waals surface area contributed by atoms with Gasteiger partial charge in [-0.3, -0.25) is 4.79 Å². The third-order valence-corrected chi connectivity index (χ3v) is 5.21. The Balaban J connectivity index is 1.93. The summed E-state index contributed by atoms with van der Waals surface area (Å²) >= 11 is 0. The first-order valence-electron chi connectivity index (χ1n) is 6.47. The first-order chi connectivity index (χ1) is 9.84. The molecule has 7 heteroatoms. The second-order valence-corrected chi connectivity index (χ2v) is 7.53. The van der Waals surface area contributed by atoms with Crippen LogP contribution in [0.2, 0.25) is 0 Å². The topological polar surface area (TPSA) is 96.3 Å². The molecular weight excluding hydrogens is 292 g/mol. The Bertz CT molecular complexity index is 693. The smallest absolute Gasteiger partial charge is 0.258 e. The van der Waals surface area contributed by atoms with Crippen molar-refractivity contribution < 1.29 is 17.9 Å². The van der Waals surface area contributed by atoms with Crippen LogP contribution in [0.15, 0.2) is 24.3 Å². The van der Waals surface area contributed by atoms with Gasteiger partial charge in [0, 0.05) is 0 Å². The summed E-state index contributed by atoms with van der Waals surface area (Å²) in [4.78, 5) is 11.9. The van der Waals surface area contributed by atoms with E-state index in [0.29, 0.717) is 17.7 Å². The standard InChI is InChI=1S/C14H16N2O4S/c1-14(6-7-21(18,19)10-14)16-13(17)9-20-12-5-3-2-4-11(12)8-15/h2-5H,6-7,9-10H2,1H3,(H,16,17). The van der Waals surface area contributed by atoms with E-state index in [1.807, 2.05) is 6.07 Å². The van der Waals surface area contributed by atoms with E-state index in [1.54, 1.807) is 31.2 Å². The average Bonchev–Trinajstić information content (AvgIpc) is 2.70. The summed E-state index contributed by atoms with van der Waals surface area (Å²) < 4.78 is 28.3. The molecule has 0 aromatic heterocycles. The van der Waals surface area contributed by atoms with Gasteiger partial charge in [0.25, 0.3) is 5.91 Å². The maximum atomic E-state index is 11.9. The fourth-order valence-electron chi connectivity index (χ4n) is 2.31. The van der Waals surface area contributed by atoms with E-state index in [1.165, 1.54) is 0 Å². The lowest BCUT2D eigenvalue weighted by atomic mass is 10.0. The highest BCUT2D eigenvalue weighted by atomic mass is 32.2. The molecule has 112 valence electrons. The minimum absolute atomic E-state index is 0.0550. The van der Waals surface area contributed by atoms with Gasteiger partial charge < -0.3 is 10.1 Å². The number of carbonyl (C=O) groups excluding carboxylic acids is 1. The number of para-hydroxylation sites is 1. The summed E-state index contributed by atoms with van der Waals surface area (Å²) in [7, 11) is -3.08. The highest BCUT2D eigenvalue weighted by molar-refractivity contribution is 7.91. The van der Waals surface area contributed by atoms with Crippen molar-refractivity contribution in [3.63, 3.8) is 0 Å². The van der Waals surface area contributed by atoms with Gasteiger partial charge in [0.2, 0.25) is 0 Å². The predicted octanol–water partition coefficient (Wildman–Crippen LogP) is 0.630. The summed E-state index contributed by atoms with van der Waals surface area (Å²) in [6.45, 7) is 1.45. The van der Waals surface area contributed by atoms with E-state index in [0.717, 1.165) is 0 Å². The maximum Gasteiger partial charge on any atom is 0.258 e. The van der Waals surface area contributed by atoms with Crippen LogP contribution in [0.1, 0.15) is 18.9 Å². The van der Waals surface area contributed by atoms with E-state index in [9.17, 15) is 13.2 Å². The number of amides is 1. The SMILES string of the molecule is CC1(NC(=O)COc2ccccc2C#N)CCS(=O)(=O)C1. The van der Waals surface area contributed by atoms with Gasteiger partial charge in [-0.1, -0.05) is 12.1 Å². The molecule has 21 heavy (non-hydrogen) atoms. The molecule has 1 unspecified atom stereocenters. The zero-order valence-corrected chi connectivity index (χ0v) is 12.4. The molecule has 0 saturated carbocycles. The molecule has 1 heterocycles. The Hall–Kier alpha value is -2.07. The fourth-order valence-corrected chi connectivity index (χ4v) is 4.40. The molecule has 1 amide bonds. The van der Waals surface area contributed by atoms with Gasteiger partial charge >= 0.3 is 0 Å². The Morgan fingerprint density at radius 1 is 1.48 bits per heavy atom. The molecule has 1 fully saturated rings. The summed E-state index contributed by atoms with van der Waals surface area (Å²) in [5, 5.41) is 11.6. The van der Waals surface area contributed by atoms with Gasteiger partial charge in [-0.15, -0.1) is 0 Å². The monoisotopic (exact) mass is 308 g/mol. The Labute approximate surface area is 123 Å². The number of rotatable bonds is 4. The Morgan fingerprint density at radius 2 is 2.19 bits per heavy atom. The number of nitrogens with zero attached hydrogens (tertiary/aromatic N) is 1. The van der Waals surface area contributed by atoms with Crippen molar-refractivity contribution in [1.29, 1.82) is 5.26 Å². The molecule has 2 rings (SSSR count). The predicted molar refractivity (Wildman–Crippen MR) is 76.5 cm³/mol. The van der Waals surface area contributed by atoms with Crippen LogP contribution in [0.3, 0.4) is 0 Å². The molecular formula is C14H16N2O4S. The number of ether oxygens (including phenoxy) is 1. The molecule has 1 aromatic carbocycles. The van der Waals surface area contributed by atoms with Crippen molar-refractivity contribution in [3.8, 4) is 11.8 Å². The molecule has 0 radical (unpaired) electrons. The maximum absolute atomic E-state index is 11.9. The van der Waals surface area contributed by atoms with Crippen molar-refractivity contribution >= 4 is 15.7 Å². The van der Waals surface area contributed by atoms with Crippen molar-refractivity contribution in [2.45, 2.75) is 18.9 Å². The van der Waals surface area contributed by atoms with Crippen molar-refractivity contribution in [1.82, 2.24) is 5.32 Å². The minimum Gasteiger partial charge on any atom is -0.482 e. The van der Waals surface area contributed by atoms with Crippen molar-refractivity contribution in [3.05, 3.63) is 29.8 Å². The molecule has 1 atom stereocenters. The lowest BCUT2D eigenvalue weighted by Crippen LogP contribution is -2.48. The molecule has 0 bridgehead atoms. The Morgan fingerprint density at radius 3 is 2.81 bits per heavy atom. The normalized spacial score (nSPS) is 23.2. The second-order valence-electron chi connectivity index (χ2n) is 5.35. The lowest BCUT2D eigenvalue weighted by Gasteiger charge is -2.23. The molecule has 6 nitrogen and oxygen atoms in total. The molecule has 1 aliphatic heterocycles. The summed E-state index contributed by atoms with van der Waals surface area (Å²) in [5.74, 6) is -0.0377. The molecule has 1 aliphatic rings. The van der Waals surface area contributed by atoms with Gasteiger partial charge in [-0.05, 0) is 25.5 Å². The van der Waals surface area contributed by atoms with Crippen LogP contribution in [0.4, 0.5) is 0 Å². The van der Waals surface area contributed by atoms with E-state index >= 15 is 0 Å². The molecule has 1 aromatic rings. The van der Waals surface area contributed by atoms with Crippen LogP contribution < -0.4 is 10.1 Å². The first kappa shape index (κ1) is 15.3. The van der Waals surface area contributed by atoms with Crippen LogP contribution in [0.5, 0.6) is 5.75 Å². The van der Waals surface area contributed by atoms with Crippen LogP contribution >= 0.6 is 0 Å². The van der Waals surface area contributed by atoms with E-state index in [2.05, 4.69) is 5.32 Å². The highest BCUT2D eigenvalue weighted by Crippen LogP contribution is 2.23. The Kier molecular flexibility index (Phi) is 4.19. The summed E-state index contributed by atoms with van der Waals surface area (Å²) in [6, 6.07) is 8.59. The lowest BCUT2D eigenvalue weighted by molar-refractivity contribution is -0.124. The number of sulfone groups is 1. The number of hydrogen-bond donors (Lipinski definition) is 1.